The number of rotatable bonds is 59. The van der Waals surface area contributed by atoms with E-state index in [4.69, 9.17) is 14.2 Å². The fourth-order valence-corrected chi connectivity index (χ4v) is 9.24. The summed E-state index contributed by atoms with van der Waals surface area (Å²) in [5.74, 6) is -0.888. The minimum atomic E-state index is -0.785. The van der Waals surface area contributed by atoms with Gasteiger partial charge in [-0.2, -0.15) is 0 Å². The standard InChI is InChI=1S/C69H122O6/c1-4-7-10-13-16-19-22-25-27-29-31-33-34-36-37-39-41-44-47-50-53-56-59-62-68(71)74-65-66(64-73-67(70)61-58-55-52-49-46-43-24-21-18-15-12-9-6-3)75-69(72)63-60-57-54-51-48-45-42-40-38-35-32-30-28-26-23-20-17-14-11-8-5-2/h21-26,29-32,34,36,66H,4-20,27-28,33,35,37-65H2,1-3H3/b24-21-,25-22-,26-23-,31-29-,32-30-,36-34-. The minimum Gasteiger partial charge on any atom is -0.462 e. The molecule has 75 heavy (non-hydrogen) atoms. The first kappa shape index (κ1) is 71.8. The van der Waals surface area contributed by atoms with Crippen LogP contribution in [0, 0.1) is 0 Å². The first-order chi connectivity index (χ1) is 37.0. The quantitative estimate of drug-likeness (QED) is 0.0261. The van der Waals surface area contributed by atoms with Gasteiger partial charge in [0.2, 0.25) is 0 Å². The van der Waals surface area contributed by atoms with E-state index in [1.54, 1.807) is 0 Å². The van der Waals surface area contributed by atoms with E-state index in [2.05, 4.69) is 93.7 Å². The average molecular weight is 1050 g/mol. The maximum Gasteiger partial charge on any atom is 0.306 e. The largest absolute Gasteiger partial charge is 0.462 e. The lowest BCUT2D eigenvalue weighted by Gasteiger charge is -2.18. The highest BCUT2D eigenvalue weighted by Gasteiger charge is 2.19. The zero-order valence-corrected chi connectivity index (χ0v) is 49.8. The van der Waals surface area contributed by atoms with Gasteiger partial charge in [-0.05, 0) is 116 Å². The van der Waals surface area contributed by atoms with Gasteiger partial charge in [0, 0.05) is 19.3 Å². The number of allylic oxidation sites excluding steroid dienone is 12. The van der Waals surface area contributed by atoms with Gasteiger partial charge in [0.15, 0.2) is 6.10 Å². The van der Waals surface area contributed by atoms with Crippen LogP contribution in [0.3, 0.4) is 0 Å². The Labute approximate surface area is 465 Å². The monoisotopic (exact) mass is 1050 g/mol. The van der Waals surface area contributed by atoms with E-state index in [-0.39, 0.29) is 31.1 Å². The van der Waals surface area contributed by atoms with E-state index in [1.165, 1.54) is 199 Å². The van der Waals surface area contributed by atoms with Crippen molar-refractivity contribution in [1.82, 2.24) is 0 Å². The molecule has 1 unspecified atom stereocenters. The Kier molecular flexibility index (Phi) is 60.7. The summed E-state index contributed by atoms with van der Waals surface area (Å²) in [7, 11) is 0. The maximum absolute atomic E-state index is 12.9. The summed E-state index contributed by atoms with van der Waals surface area (Å²) in [5, 5.41) is 0. The van der Waals surface area contributed by atoms with Crippen LogP contribution in [0.15, 0.2) is 72.9 Å². The summed E-state index contributed by atoms with van der Waals surface area (Å²) in [4.78, 5) is 38.3. The fraction of sp³-hybridized carbons (Fsp3) is 0.783. The molecule has 0 bridgehead atoms. The molecule has 0 fully saturated rings. The number of hydrogen-bond donors (Lipinski definition) is 0. The van der Waals surface area contributed by atoms with Gasteiger partial charge in [-0.1, -0.05) is 267 Å². The lowest BCUT2D eigenvalue weighted by atomic mass is 10.1. The lowest BCUT2D eigenvalue weighted by Crippen LogP contribution is -2.30. The molecule has 0 aliphatic rings. The van der Waals surface area contributed by atoms with Gasteiger partial charge in [0.1, 0.15) is 13.2 Å². The van der Waals surface area contributed by atoms with Crippen LogP contribution in [0.4, 0.5) is 0 Å². The van der Waals surface area contributed by atoms with E-state index in [9.17, 15) is 14.4 Å². The van der Waals surface area contributed by atoms with Crippen molar-refractivity contribution in [2.75, 3.05) is 13.2 Å². The first-order valence-electron chi connectivity index (χ1n) is 32.4. The Hall–Kier alpha value is -3.15. The third-order valence-corrected chi connectivity index (χ3v) is 14.2. The molecule has 0 radical (unpaired) electrons. The third-order valence-electron chi connectivity index (χ3n) is 14.2. The zero-order chi connectivity index (χ0) is 54.3. The number of unbranched alkanes of at least 4 members (excludes halogenated alkanes) is 36. The normalized spacial score (nSPS) is 12.5. The number of hydrogen-bond acceptors (Lipinski definition) is 6. The zero-order valence-electron chi connectivity index (χ0n) is 49.8. The van der Waals surface area contributed by atoms with Gasteiger partial charge in [-0.3, -0.25) is 14.4 Å². The molecule has 0 aromatic carbocycles. The molecule has 0 aromatic heterocycles. The first-order valence-corrected chi connectivity index (χ1v) is 32.4. The van der Waals surface area contributed by atoms with Crippen molar-refractivity contribution in [2.45, 2.75) is 335 Å². The molecule has 0 rings (SSSR count). The van der Waals surface area contributed by atoms with Gasteiger partial charge in [0.25, 0.3) is 0 Å². The van der Waals surface area contributed by atoms with E-state index in [1.807, 2.05) is 0 Å². The molecule has 6 heteroatoms. The molecular weight excluding hydrogens is 925 g/mol. The molecule has 0 heterocycles. The SMILES string of the molecule is CCCCCC/C=C\CCCCCCCC(=O)OCC(COC(=O)CCCCCCCCCC/C=C\C/C=C\C/C=C\CCCCCCC)OC(=O)CCCCCCCCCCC/C=C\C/C=C\CCCCCCC. The van der Waals surface area contributed by atoms with Gasteiger partial charge < -0.3 is 14.2 Å². The second kappa shape index (κ2) is 63.4. The molecule has 0 saturated carbocycles. The van der Waals surface area contributed by atoms with E-state index < -0.39 is 6.10 Å². The van der Waals surface area contributed by atoms with Crippen molar-refractivity contribution in [3.8, 4) is 0 Å². The molecule has 0 aliphatic carbocycles. The summed E-state index contributed by atoms with van der Waals surface area (Å²) in [6.45, 7) is 6.62. The second-order valence-electron chi connectivity index (χ2n) is 21.7. The molecule has 434 valence electrons. The van der Waals surface area contributed by atoms with Crippen LogP contribution >= 0.6 is 0 Å². The molecule has 6 nitrogen and oxygen atoms in total. The summed E-state index contributed by atoms with van der Waals surface area (Å²) < 4.78 is 16.9. The Bertz CT molecular complexity index is 1390. The highest BCUT2D eigenvalue weighted by molar-refractivity contribution is 5.71. The van der Waals surface area contributed by atoms with Crippen LogP contribution in [0.25, 0.3) is 0 Å². The van der Waals surface area contributed by atoms with Gasteiger partial charge in [0.05, 0.1) is 0 Å². The average Bonchev–Trinajstić information content (AvgIpc) is 3.41. The third kappa shape index (κ3) is 61.6. The number of ether oxygens (including phenoxy) is 3. The highest BCUT2D eigenvalue weighted by Crippen LogP contribution is 2.16. The predicted octanol–water partition coefficient (Wildman–Crippen LogP) is 22.1. The Morgan fingerprint density at radius 3 is 0.773 bits per heavy atom. The summed E-state index contributed by atoms with van der Waals surface area (Å²) in [6, 6.07) is 0. The number of carbonyl (C=O) groups excluding carboxylic acids is 3. The fourth-order valence-electron chi connectivity index (χ4n) is 9.24. The van der Waals surface area contributed by atoms with Crippen molar-refractivity contribution in [3.05, 3.63) is 72.9 Å². The highest BCUT2D eigenvalue weighted by atomic mass is 16.6. The molecule has 0 aliphatic heterocycles. The Balaban J connectivity index is 4.35. The summed E-state index contributed by atoms with van der Waals surface area (Å²) in [6.07, 6.45) is 81.9. The number of esters is 3. The smallest absolute Gasteiger partial charge is 0.306 e. The Morgan fingerprint density at radius 1 is 0.267 bits per heavy atom. The van der Waals surface area contributed by atoms with Crippen LogP contribution in [0.5, 0.6) is 0 Å². The topological polar surface area (TPSA) is 78.9 Å². The van der Waals surface area contributed by atoms with Gasteiger partial charge in [-0.25, -0.2) is 0 Å². The van der Waals surface area contributed by atoms with E-state index >= 15 is 0 Å². The molecule has 0 saturated heterocycles. The molecule has 0 aromatic rings. The van der Waals surface area contributed by atoms with Crippen LogP contribution < -0.4 is 0 Å². The van der Waals surface area contributed by atoms with Crippen LogP contribution in [0.2, 0.25) is 0 Å². The lowest BCUT2D eigenvalue weighted by molar-refractivity contribution is -0.167. The van der Waals surface area contributed by atoms with Crippen molar-refractivity contribution < 1.29 is 28.6 Å². The molecule has 1 atom stereocenters. The molecule has 0 amide bonds. The van der Waals surface area contributed by atoms with Crippen molar-refractivity contribution in [2.24, 2.45) is 0 Å². The van der Waals surface area contributed by atoms with Crippen molar-refractivity contribution in [1.29, 1.82) is 0 Å². The van der Waals surface area contributed by atoms with Crippen LogP contribution in [-0.4, -0.2) is 37.2 Å². The Morgan fingerprint density at radius 2 is 0.480 bits per heavy atom. The number of carbonyl (C=O) groups is 3. The van der Waals surface area contributed by atoms with Gasteiger partial charge in [-0.15, -0.1) is 0 Å². The summed E-state index contributed by atoms with van der Waals surface area (Å²) >= 11 is 0. The maximum atomic E-state index is 12.9. The van der Waals surface area contributed by atoms with Crippen molar-refractivity contribution in [3.63, 3.8) is 0 Å². The van der Waals surface area contributed by atoms with Crippen LogP contribution in [0.1, 0.15) is 329 Å². The van der Waals surface area contributed by atoms with E-state index in [0.717, 1.165) is 89.9 Å². The molecule has 0 N–H and O–H groups in total. The van der Waals surface area contributed by atoms with E-state index in [0.29, 0.717) is 19.3 Å². The predicted molar refractivity (Wildman–Crippen MR) is 325 cm³/mol. The second-order valence-corrected chi connectivity index (χ2v) is 21.7. The van der Waals surface area contributed by atoms with Crippen LogP contribution in [-0.2, 0) is 28.6 Å². The summed E-state index contributed by atoms with van der Waals surface area (Å²) in [5.41, 5.74) is 0. The minimum absolute atomic E-state index is 0.0825. The molecule has 0 spiro atoms. The molecular formula is C69H122O6. The van der Waals surface area contributed by atoms with Crippen molar-refractivity contribution >= 4 is 17.9 Å². The van der Waals surface area contributed by atoms with Gasteiger partial charge >= 0.3 is 17.9 Å².